The highest BCUT2D eigenvalue weighted by atomic mass is 32.2. The molecule has 1 aromatic heterocycles. The van der Waals surface area contributed by atoms with Crippen LogP contribution in [0.2, 0.25) is 0 Å². The monoisotopic (exact) mass is 299 g/mol. The second-order valence-electron chi connectivity index (χ2n) is 3.74. The molecule has 2 aromatic rings. The molecule has 0 bridgehead atoms. The summed E-state index contributed by atoms with van der Waals surface area (Å²) in [6.07, 6.45) is 0. The Bertz CT molecular complexity index is 621. The first-order valence-corrected chi connectivity index (χ1v) is 6.53. The van der Waals surface area contributed by atoms with Crippen LogP contribution in [0.4, 0.5) is 10.1 Å². The largest absolute Gasteiger partial charge is 0.394 e. The van der Waals surface area contributed by atoms with E-state index in [1.807, 2.05) is 0 Å². The van der Waals surface area contributed by atoms with E-state index in [0.717, 1.165) is 12.1 Å². The van der Waals surface area contributed by atoms with Crippen molar-refractivity contribution in [3.8, 4) is 0 Å². The highest BCUT2D eigenvalue weighted by Crippen LogP contribution is 2.23. The minimum Gasteiger partial charge on any atom is -0.394 e. The lowest BCUT2D eigenvalue weighted by atomic mass is 10.2. The van der Waals surface area contributed by atoms with Crippen molar-refractivity contribution in [2.75, 3.05) is 6.61 Å². The van der Waals surface area contributed by atoms with Crippen LogP contribution >= 0.6 is 11.8 Å². The number of thioether (sulfide) groups is 1. The fourth-order valence-corrected chi connectivity index (χ4v) is 2.32. The molecule has 0 unspecified atom stereocenters. The number of aliphatic hydroxyl groups excluding tert-OH is 1. The molecule has 0 aliphatic rings. The van der Waals surface area contributed by atoms with Crippen LogP contribution in [0.15, 0.2) is 23.4 Å². The molecule has 8 nitrogen and oxygen atoms in total. The number of aliphatic hydroxyl groups is 1. The minimum absolute atomic E-state index is 0.0925. The fourth-order valence-electron chi connectivity index (χ4n) is 1.47. The Morgan fingerprint density at radius 2 is 2.30 bits per heavy atom. The maximum absolute atomic E-state index is 13.4. The molecule has 0 saturated heterocycles. The Labute approximate surface area is 116 Å². The molecule has 1 heterocycles. The second kappa shape index (κ2) is 6.39. The van der Waals surface area contributed by atoms with Gasteiger partial charge in [0, 0.05) is 11.8 Å². The number of benzene rings is 1. The summed E-state index contributed by atoms with van der Waals surface area (Å²) in [6, 6.07) is 3.72. The normalized spacial score (nSPS) is 10.7. The predicted octanol–water partition coefficient (Wildman–Crippen LogP) is 1.00. The van der Waals surface area contributed by atoms with E-state index >= 15 is 0 Å². The van der Waals surface area contributed by atoms with E-state index in [-0.39, 0.29) is 13.2 Å². The zero-order valence-electron chi connectivity index (χ0n) is 10.1. The molecule has 0 atom stereocenters. The zero-order valence-corrected chi connectivity index (χ0v) is 11.0. The van der Waals surface area contributed by atoms with Crippen molar-refractivity contribution < 1.29 is 14.4 Å². The number of nitro groups is 1. The lowest BCUT2D eigenvalue weighted by Crippen LogP contribution is -2.05. The van der Waals surface area contributed by atoms with E-state index in [0.29, 0.717) is 16.5 Å². The summed E-state index contributed by atoms with van der Waals surface area (Å²) >= 11 is 1.25. The summed E-state index contributed by atoms with van der Waals surface area (Å²) in [6.45, 7) is 0.175. The average Bonchev–Trinajstić information content (AvgIpc) is 2.84. The van der Waals surface area contributed by atoms with Gasteiger partial charge in [-0.05, 0) is 22.1 Å². The summed E-state index contributed by atoms with van der Waals surface area (Å²) in [4.78, 5) is 9.73. The van der Waals surface area contributed by atoms with E-state index in [1.54, 1.807) is 0 Å². The summed E-state index contributed by atoms with van der Waals surface area (Å²) in [5.74, 6) is -0.510. The van der Waals surface area contributed by atoms with Gasteiger partial charge in [-0.15, -0.1) is 5.10 Å². The number of nitrogens with zero attached hydrogens (tertiary/aromatic N) is 5. The molecule has 20 heavy (non-hydrogen) atoms. The van der Waals surface area contributed by atoms with E-state index in [9.17, 15) is 14.5 Å². The molecule has 0 aliphatic carbocycles. The second-order valence-corrected chi connectivity index (χ2v) is 4.68. The van der Waals surface area contributed by atoms with Crippen LogP contribution in [0.3, 0.4) is 0 Å². The molecule has 0 fully saturated rings. The third-order valence-corrected chi connectivity index (χ3v) is 3.42. The topological polar surface area (TPSA) is 107 Å². The number of tetrazole rings is 1. The van der Waals surface area contributed by atoms with Crippen molar-refractivity contribution in [2.45, 2.75) is 17.5 Å². The predicted molar refractivity (Wildman–Crippen MR) is 67.5 cm³/mol. The number of halogens is 1. The molecule has 1 aromatic carbocycles. The first-order chi connectivity index (χ1) is 9.61. The Morgan fingerprint density at radius 3 is 2.95 bits per heavy atom. The molecule has 0 radical (unpaired) electrons. The van der Waals surface area contributed by atoms with Gasteiger partial charge in [-0.25, -0.2) is 4.68 Å². The molecule has 2 rings (SSSR count). The van der Waals surface area contributed by atoms with Gasteiger partial charge in [-0.1, -0.05) is 17.8 Å². The van der Waals surface area contributed by atoms with Crippen LogP contribution in [0.1, 0.15) is 5.56 Å². The van der Waals surface area contributed by atoms with Gasteiger partial charge in [0.05, 0.1) is 18.1 Å². The van der Waals surface area contributed by atoms with Crippen molar-refractivity contribution in [3.63, 3.8) is 0 Å². The van der Waals surface area contributed by atoms with E-state index in [2.05, 4.69) is 15.5 Å². The number of nitro benzene ring substituents is 1. The van der Waals surface area contributed by atoms with E-state index in [1.165, 1.54) is 22.5 Å². The summed E-state index contributed by atoms with van der Waals surface area (Å²) in [5, 5.41) is 30.7. The van der Waals surface area contributed by atoms with Gasteiger partial charge < -0.3 is 5.11 Å². The lowest BCUT2D eigenvalue weighted by molar-refractivity contribution is -0.387. The Morgan fingerprint density at radius 1 is 1.50 bits per heavy atom. The minimum atomic E-state index is -0.872. The van der Waals surface area contributed by atoms with Gasteiger partial charge in [-0.2, -0.15) is 4.39 Å². The van der Waals surface area contributed by atoms with Gasteiger partial charge in [0.25, 0.3) is 0 Å². The van der Waals surface area contributed by atoms with Crippen LogP contribution < -0.4 is 0 Å². The number of hydrogen-bond donors (Lipinski definition) is 1. The van der Waals surface area contributed by atoms with Crippen molar-refractivity contribution >= 4 is 17.4 Å². The highest BCUT2D eigenvalue weighted by molar-refractivity contribution is 7.98. The van der Waals surface area contributed by atoms with Crippen LogP contribution in [0.25, 0.3) is 0 Å². The summed E-state index contributed by atoms with van der Waals surface area (Å²) < 4.78 is 14.9. The summed E-state index contributed by atoms with van der Waals surface area (Å²) in [7, 11) is 0. The molecule has 10 heteroatoms. The van der Waals surface area contributed by atoms with Gasteiger partial charge in [0.2, 0.25) is 11.0 Å². The average molecular weight is 299 g/mol. The Kier molecular flexibility index (Phi) is 4.58. The molecule has 0 amide bonds. The first-order valence-electron chi connectivity index (χ1n) is 5.54. The van der Waals surface area contributed by atoms with Gasteiger partial charge in [-0.3, -0.25) is 10.1 Å². The standard InChI is InChI=1S/C10H10FN5O3S/c11-8-5-7(1-2-9(8)16(18)19)6-20-10-12-13-14-15(10)3-4-17/h1-2,5,17H,3-4,6H2. The smallest absolute Gasteiger partial charge is 0.304 e. The van der Waals surface area contributed by atoms with Crippen molar-refractivity contribution in [2.24, 2.45) is 0 Å². The SMILES string of the molecule is O=[N+]([O-])c1ccc(CSc2nnnn2CCO)cc1F. The third-order valence-electron chi connectivity index (χ3n) is 2.39. The molecule has 0 aliphatic heterocycles. The van der Waals surface area contributed by atoms with Gasteiger partial charge in [0.1, 0.15) is 0 Å². The zero-order chi connectivity index (χ0) is 14.5. The highest BCUT2D eigenvalue weighted by Gasteiger charge is 2.14. The number of rotatable bonds is 6. The van der Waals surface area contributed by atoms with Gasteiger partial charge in [0.15, 0.2) is 0 Å². The Balaban J connectivity index is 2.05. The molecule has 0 spiro atoms. The Hall–Kier alpha value is -2.07. The van der Waals surface area contributed by atoms with Crippen molar-refractivity contribution in [1.82, 2.24) is 20.2 Å². The first kappa shape index (κ1) is 14.3. The maximum Gasteiger partial charge on any atom is 0.304 e. The molecule has 0 saturated carbocycles. The van der Waals surface area contributed by atoms with E-state index < -0.39 is 16.4 Å². The molecule has 1 N–H and O–H groups in total. The molecule has 106 valence electrons. The molecular weight excluding hydrogens is 289 g/mol. The van der Waals surface area contributed by atoms with Crippen LogP contribution in [-0.4, -0.2) is 36.8 Å². The van der Waals surface area contributed by atoms with E-state index in [4.69, 9.17) is 5.11 Å². The maximum atomic E-state index is 13.4. The van der Waals surface area contributed by atoms with Crippen molar-refractivity contribution in [3.05, 3.63) is 39.7 Å². The van der Waals surface area contributed by atoms with Crippen LogP contribution in [-0.2, 0) is 12.3 Å². The number of aromatic nitrogens is 4. The van der Waals surface area contributed by atoms with Crippen LogP contribution in [0, 0.1) is 15.9 Å². The summed E-state index contributed by atoms with van der Waals surface area (Å²) in [5.41, 5.74) is 0.0283. The van der Waals surface area contributed by atoms with Crippen LogP contribution in [0.5, 0.6) is 0 Å². The lowest BCUT2D eigenvalue weighted by Gasteiger charge is -2.03. The fraction of sp³-hybridized carbons (Fsp3) is 0.300. The van der Waals surface area contributed by atoms with Crippen molar-refractivity contribution in [1.29, 1.82) is 0 Å². The van der Waals surface area contributed by atoms with Gasteiger partial charge >= 0.3 is 5.69 Å². The third kappa shape index (κ3) is 3.27. The quantitative estimate of drug-likeness (QED) is 0.481. The number of hydrogen-bond acceptors (Lipinski definition) is 7. The molecular formula is C10H10FN5O3S.